The summed E-state index contributed by atoms with van der Waals surface area (Å²) in [6.45, 7) is 0.157. The number of aliphatic hydroxyl groups excluding tert-OH is 7. The van der Waals surface area contributed by atoms with Gasteiger partial charge in [-0.2, -0.15) is 0 Å². The van der Waals surface area contributed by atoms with Gasteiger partial charge in [0.1, 0.15) is 55.9 Å². The van der Waals surface area contributed by atoms with Crippen LogP contribution in [0.3, 0.4) is 0 Å². The Bertz CT molecular complexity index is 757. The fraction of sp³-hybridized carbons (Fsp3) is 0.969. The fourth-order valence-electron chi connectivity index (χ4n) is 5.86. The second-order valence-corrected chi connectivity index (χ2v) is 12.5. The van der Waals surface area contributed by atoms with E-state index in [9.17, 15) is 40.5 Å². The maximum absolute atomic E-state index is 12.3. The summed E-state index contributed by atoms with van der Waals surface area (Å²) >= 11 is 0. The standard InChI is InChI=1S/C32H60O12/c1-2-3-4-5-6-7-8-9-10-11-12-13-14-15-16-17-18-19-25(35)41-21-24-26(36)28(38)29(39)31(42-24)44-32(22-34)30(40)27(37)23(20-33)43-32/h23-24,26-31,33-34,36-40H,2-22H2,1H3/t23-,24-,26-,27-,28+,29-,30+,31-,32+/m1/s1. The van der Waals surface area contributed by atoms with Crippen LogP contribution in [-0.2, 0) is 23.7 Å². The van der Waals surface area contributed by atoms with Crippen molar-refractivity contribution in [3.8, 4) is 0 Å². The Kier molecular flexibility index (Phi) is 19.4. The van der Waals surface area contributed by atoms with Crippen molar-refractivity contribution >= 4 is 5.97 Å². The van der Waals surface area contributed by atoms with Crippen LogP contribution in [0.5, 0.6) is 0 Å². The maximum atomic E-state index is 12.3. The molecule has 2 fully saturated rings. The molecule has 0 aromatic carbocycles. The Morgan fingerprint density at radius 3 is 1.61 bits per heavy atom. The van der Waals surface area contributed by atoms with E-state index in [0.717, 1.165) is 19.3 Å². The number of carbonyl (C=O) groups is 1. The van der Waals surface area contributed by atoms with Crippen molar-refractivity contribution in [2.24, 2.45) is 0 Å². The molecule has 2 saturated heterocycles. The predicted octanol–water partition coefficient (Wildman–Crippen LogP) is 2.20. The lowest BCUT2D eigenvalue weighted by atomic mass is 9.99. The van der Waals surface area contributed by atoms with Crippen LogP contribution in [0.25, 0.3) is 0 Å². The van der Waals surface area contributed by atoms with Gasteiger partial charge in [0.2, 0.25) is 5.79 Å². The summed E-state index contributed by atoms with van der Waals surface area (Å²) in [4.78, 5) is 12.3. The van der Waals surface area contributed by atoms with Crippen molar-refractivity contribution in [3.05, 3.63) is 0 Å². The third-order valence-electron chi connectivity index (χ3n) is 8.78. The zero-order chi connectivity index (χ0) is 32.4. The van der Waals surface area contributed by atoms with Crippen molar-refractivity contribution in [1.29, 1.82) is 0 Å². The van der Waals surface area contributed by atoms with Crippen molar-refractivity contribution < 1.29 is 59.5 Å². The van der Waals surface area contributed by atoms with E-state index in [1.807, 2.05) is 0 Å². The van der Waals surface area contributed by atoms with Gasteiger partial charge in [-0.1, -0.05) is 110 Å². The van der Waals surface area contributed by atoms with Gasteiger partial charge >= 0.3 is 5.97 Å². The molecule has 7 N–H and O–H groups in total. The minimum absolute atomic E-state index is 0.195. The smallest absolute Gasteiger partial charge is 0.305 e. The zero-order valence-electron chi connectivity index (χ0n) is 26.6. The minimum Gasteiger partial charge on any atom is -0.463 e. The number of unbranched alkanes of at least 4 members (excludes halogenated alkanes) is 16. The summed E-state index contributed by atoms with van der Waals surface area (Å²) in [5.41, 5.74) is 0. The normalized spacial score (nSPS) is 32.3. The van der Waals surface area contributed by atoms with Gasteiger partial charge in [0, 0.05) is 6.42 Å². The van der Waals surface area contributed by atoms with Gasteiger partial charge in [0.15, 0.2) is 6.29 Å². The number of ether oxygens (including phenoxy) is 4. The van der Waals surface area contributed by atoms with Crippen LogP contribution in [0, 0.1) is 0 Å². The van der Waals surface area contributed by atoms with E-state index in [2.05, 4.69) is 6.92 Å². The van der Waals surface area contributed by atoms with Gasteiger partial charge in [-0.05, 0) is 6.42 Å². The Hall–Kier alpha value is -0.930. The van der Waals surface area contributed by atoms with Gasteiger partial charge in [-0.15, -0.1) is 0 Å². The largest absolute Gasteiger partial charge is 0.463 e. The molecule has 2 aliphatic heterocycles. The Balaban J connectivity index is 1.56. The number of aliphatic hydroxyl groups is 7. The highest BCUT2D eigenvalue weighted by atomic mass is 16.8. The van der Waals surface area contributed by atoms with Crippen LogP contribution in [0.15, 0.2) is 0 Å². The van der Waals surface area contributed by atoms with E-state index in [1.165, 1.54) is 83.5 Å². The number of rotatable bonds is 24. The number of carbonyl (C=O) groups excluding carboxylic acids is 1. The number of hydrogen-bond donors (Lipinski definition) is 7. The molecule has 2 heterocycles. The van der Waals surface area contributed by atoms with E-state index in [-0.39, 0.29) is 6.42 Å². The zero-order valence-corrected chi connectivity index (χ0v) is 26.6. The molecule has 0 aromatic rings. The molecule has 12 heteroatoms. The molecular formula is C32H60O12. The average molecular weight is 637 g/mol. The summed E-state index contributed by atoms with van der Waals surface area (Å²) in [5, 5.41) is 70.6. The number of esters is 1. The summed E-state index contributed by atoms with van der Waals surface area (Å²) < 4.78 is 21.5. The SMILES string of the molecule is CCCCCCCCCCCCCCCCCCCC(=O)OC[C@H]1O[C@H](O[C@]2(CO)O[C@H](CO)[C@@H](O)[C@@H]2O)[C@H](O)[C@@H](O)[C@@H]1O. The fourth-order valence-corrected chi connectivity index (χ4v) is 5.86. The summed E-state index contributed by atoms with van der Waals surface area (Å²) in [6.07, 6.45) is 8.36. The highest BCUT2D eigenvalue weighted by molar-refractivity contribution is 5.69. The predicted molar refractivity (Wildman–Crippen MR) is 161 cm³/mol. The first-order valence-corrected chi connectivity index (χ1v) is 17.0. The van der Waals surface area contributed by atoms with Gasteiger partial charge < -0.3 is 54.7 Å². The van der Waals surface area contributed by atoms with Crippen LogP contribution in [0.1, 0.15) is 122 Å². The molecule has 2 rings (SSSR count). The quantitative estimate of drug-likeness (QED) is 0.0604. The molecule has 0 unspecified atom stereocenters. The topological polar surface area (TPSA) is 196 Å². The Morgan fingerprint density at radius 2 is 1.16 bits per heavy atom. The molecular weight excluding hydrogens is 576 g/mol. The summed E-state index contributed by atoms with van der Waals surface area (Å²) in [7, 11) is 0. The molecule has 0 spiro atoms. The van der Waals surface area contributed by atoms with E-state index < -0.39 is 80.6 Å². The molecule has 44 heavy (non-hydrogen) atoms. The second kappa shape index (κ2) is 21.8. The van der Waals surface area contributed by atoms with E-state index >= 15 is 0 Å². The molecule has 9 atom stereocenters. The first-order chi connectivity index (χ1) is 21.2. The molecule has 0 saturated carbocycles. The second-order valence-electron chi connectivity index (χ2n) is 12.5. The van der Waals surface area contributed by atoms with Crippen molar-refractivity contribution in [1.82, 2.24) is 0 Å². The summed E-state index contributed by atoms with van der Waals surface area (Å²) in [6, 6.07) is 0. The molecule has 12 nitrogen and oxygen atoms in total. The molecule has 2 aliphatic rings. The van der Waals surface area contributed by atoms with Gasteiger partial charge in [0.25, 0.3) is 0 Å². The lowest BCUT2D eigenvalue weighted by molar-refractivity contribution is -0.383. The van der Waals surface area contributed by atoms with Crippen molar-refractivity contribution in [3.63, 3.8) is 0 Å². The van der Waals surface area contributed by atoms with Crippen LogP contribution in [-0.4, -0.2) is 116 Å². The first kappa shape index (κ1) is 39.2. The van der Waals surface area contributed by atoms with Gasteiger partial charge in [0.05, 0.1) is 6.61 Å². The maximum Gasteiger partial charge on any atom is 0.305 e. The van der Waals surface area contributed by atoms with Gasteiger partial charge in [-0.3, -0.25) is 4.79 Å². The average Bonchev–Trinajstić information content (AvgIpc) is 3.27. The molecule has 0 aliphatic carbocycles. The highest BCUT2D eigenvalue weighted by Gasteiger charge is 2.58. The van der Waals surface area contributed by atoms with Crippen LogP contribution in [0.4, 0.5) is 0 Å². The van der Waals surface area contributed by atoms with E-state index in [4.69, 9.17) is 18.9 Å². The van der Waals surface area contributed by atoms with Gasteiger partial charge in [-0.25, -0.2) is 0 Å². The molecule has 0 radical (unpaired) electrons. The summed E-state index contributed by atoms with van der Waals surface area (Å²) in [5.74, 6) is -2.76. The Morgan fingerprint density at radius 1 is 0.659 bits per heavy atom. The Labute approximate surface area is 262 Å². The van der Waals surface area contributed by atoms with E-state index in [1.54, 1.807) is 0 Å². The minimum atomic E-state index is -2.27. The van der Waals surface area contributed by atoms with Crippen molar-refractivity contribution in [2.45, 2.75) is 177 Å². The van der Waals surface area contributed by atoms with Crippen LogP contribution in [0.2, 0.25) is 0 Å². The van der Waals surface area contributed by atoms with Crippen molar-refractivity contribution in [2.75, 3.05) is 19.8 Å². The number of hydrogen-bond acceptors (Lipinski definition) is 12. The molecule has 0 amide bonds. The van der Waals surface area contributed by atoms with E-state index in [0.29, 0.717) is 6.42 Å². The highest BCUT2D eigenvalue weighted by Crippen LogP contribution is 2.36. The molecule has 0 bridgehead atoms. The van der Waals surface area contributed by atoms with Crippen LogP contribution >= 0.6 is 0 Å². The first-order valence-electron chi connectivity index (χ1n) is 17.0. The van der Waals surface area contributed by atoms with Crippen LogP contribution < -0.4 is 0 Å². The third-order valence-corrected chi connectivity index (χ3v) is 8.78. The molecule has 0 aromatic heterocycles. The monoisotopic (exact) mass is 636 g/mol. The molecule has 260 valence electrons. The third kappa shape index (κ3) is 12.7. The lowest BCUT2D eigenvalue weighted by Crippen LogP contribution is -2.62. The lowest BCUT2D eigenvalue weighted by Gasteiger charge is -2.43.